The van der Waals surface area contributed by atoms with Gasteiger partial charge in [0.25, 0.3) is 0 Å². The molecule has 0 spiro atoms. The first kappa shape index (κ1) is 29.4. The summed E-state index contributed by atoms with van der Waals surface area (Å²) in [7, 11) is 0. The largest absolute Gasteiger partial charge is 0.748 e. The second-order valence-corrected chi connectivity index (χ2v) is 7.34. The second-order valence-electron chi connectivity index (χ2n) is 7.34. The maximum Gasteiger partial charge on any atom is 0 e. The predicted octanol–water partition coefficient (Wildman–Crippen LogP) is 8.38. The Morgan fingerprint density at radius 1 is 0.710 bits per heavy atom. The molecule has 31 heavy (non-hydrogen) atoms. The molecule has 176 valence electrons. The summed E-state index contributed by atoms with van der Waals surface area (Å²) >= 11 is 0. The van der Waals surface area contributed by atoms with Crippen LogP contribution in [0, 0.1) is 0 Å². The molecular formula is C29H36Fe2-8. The number of aryl methyl sites for hydroxylation is 2. The molecule has 2 heteroatoms. The molecule has 0 unspecified atom stereocenters. The molecule has 4 aromatic rings. The molecule has 0 aliphatic carbocycles. The number of hydrogen-bond donors (Lipinski definition) is 0. The third kappa shape index (κ3) is 10.1. The van der Waals surface area contributed by atoms with E-state index in [9.17, 15) is 0 Å². The quantitative estimate of drug-likeness (QED) is 0.178. The van der Waals surface area contributed by atoms with Crippen LogP contribution in [0.25, 0.3) is 0 Å². The zero-order valence-electron chi connectivity index (χ0n) is 19.1. The molecule has 0 N–H and O–H groups in total. The van der Waals surface area contributed by atoms with Crippen molar-refractivity contribution in [2.75, 3.05) is 0 Å². The smallest absolute Gasteiger partial charge is 0 e. The Hall–Kier alpha value is -1.56. The summed E-state index contributed by atoms with van der Waals surface area (Å²) in [6.07, 6.45) is 6.17. The van der Waals surface area contributed by atoms with Crippen molar-refractivity contribution >= 4 is 0 Å². The monoisotopic (exact) mass is 496 g/mol. The van der Waals surface area contributed by atoms with Crippen LogP contribution in [-0.2, 0) is 47.0 Å². The zero-order valence-corrected chi connectivity index (χ0v) is 21.3. The fourth-order valence-corrected chi connectivity index (χ4v) is 3.79. The topological polar surface area (TPSA) is 0 Å². The summed E-state index contributed by atoms with van der Waals surface area (Å²) < 4.78 is 0. The molecule has 0 aliphatic rings. The van der Waals surface area contributed by atoms with Crippen molar-refractivity contribution in [1.29, 1.82) is 0 Å². The summed E-state index contributed by atoms with van der Waals surface area (Å²) in [5.74, 6) is 0.606. The van der Waals surface area contributed by atoms with Gasteiger partial charge in [-0.05, 0) is 0 Å². The maximum atomic E-state index is 2.34. The Balaban J connectivity index is 0.000000615. The van der Waals surface area contributed by atoms with Crippen LogP contribution < -0.4 is 0 Å². The van der Waals surface area contributed by atoms with E-state index in [1.54, 1.807) is 11.1 Å². The Labute approximate surface area is 211 Å². The van der Waals surface area contributed by atoms with Crippen LogP contribution in [0.5, 0.6) is 0 Å². The molecule has 0 atom stereocenters. The van der Waals surface area contributed by atoms with Gasteiger partial charge in [0.2, 0.25) is 0 Å². The Bertz CT molecular complexity index is 728. The second kappa shape index (κ2) is 18.1. The summed E-state index contributed by atoms with van der Waals surface area (Å²) in [6, 6.07) is 33.7. The zero-order chi connectivity index (χ0) is 20.7. The van der Waals surface area contributed by atoms with Gasteiger partial charge in [-0.25, -0.2) is 36.4 Å². The summed E-state index contributed by atoms with van der Waals surface area (Å²) in [5, 5.41) is 0. The molecule has 0 amide bonds. The van der Waals surface area contributed by atoms with Crippen LogP contribution in [-0.4, -0.2) is 0 Å². The first-order chi connectivity index (χ1) is 14.3. The Kier molecular flexibility index (Phi) is 17.1. The molecule has 4 rings (SSSR count). The molecule has 0 radical (unpaired) electrons. The van der Waals surface area contributed by atoms with Gasteiger partial charge < -0.3 is 30.3 Å². The first-order valence-corrected chi connectivity index (χ1v) is 11.1. The van der Waals surface area contributed by atoms with Gasteiger partial charge >= 0.3 is 0 Å². The van der Waals surface area contributed by atoms with E-state index in [-0.39, 0.29) is 34.1 Å². The van der Waals surface area contributed by atoms with E-state index in [2.05, 4.69) is 57.2 Å². The van der Waals surface area contributed by atoms with E-state index in [1.807, 2.05) is 60.7 Å². The van der Waals surface area contributed by atoms with Gasteiger partial charge in [0, 0.05) is 34.1 Å². The van der Waals surface area contributed by atoms with Crippen LogP contribution >= 0.6 is 0 Å². The van der Waals surface area contributed by atoms with Gasteiger partial charge in [0.1, 0.15) is 0 Å². The number of rotatable bonds is 7. The van der Waals surface area contributed by atoms with Crippen LogP contribution in [0.1, 0.15) is 68.2 Å². The SMILES string of the molecule is CCCCC([c-]1cccc1CC)[c-]1cccc1CC.[Fe].[Fe].[cH-]1[cH-][cH-][cH-][cH-]1.c1cc[cH-]c1. The van der Waals surface area contributed by atoms with E-state index in [4.69, 9.17) is 0 Å². The standard InChI is InChI=1S/C19H26.2C5H5.2Fe/c1-4-7-12-19(17-13-8-10-15(17)5-2)18-14-9-11-16(18)6-3;2*1-2-4-5-3-1;;/h8-11,13-14,19H,4-7,12H2,1-3H3;2*1-5H;;/q-2;-5;-1;;. The molecule has 0 fully saturated rings. The fraction of sp³-hybridized carbons (Fsp3) is 0.310. The maximum absolute atomic E-state index is 2.34. The number of unbranched alkanes of at least 4 members (excludes halogenated alkanes) is 1. The molecule has 0 saturated heterocycles. The van der Waals surface area contributed by atoms with E-state index >= 15 is 0 Å². The van der Waals surface area contributed by atoms with Gasteiger partial charge in [0.05, 0.1) is 0 Å². The Morgan fingerprint density at radius 2 is 1.16 bits per heavy atom. The molecule has 0 saturated carbocycles. The molecule has 4 aromatic carbocycles. The number of hydrogen-bond acceptors (Lipinski definition) is 0. The van der Waals surface area contributed by atoms with Crippen molar-refractivity contribution in [2.45, 2.75) is 58.8 Å². The van der Waals surface area contributed by atoms with Gasteiger partial charge in [0.15, 0.2) is 0 Å². The summed E-state index contributed by atoms with van der Waals surface area (Å²) in [4.78, 5) is 0. The average Bonchev–Trinajstić information content (AvgIpc) is 3.56. The molecule has 0 heterocycles. The normalized spacial score (nSPS) is 9.55. The molecule has 0 aromatic heterocycles. The van der Waals surface area contributed by atoms with Crippen molar-refractivity contribution in [1.82, 2.24) is 0 Å². The van der Waals surface area contributed by atoms with Crippen molar-refractivity contribution in [3.63, 3.8) is 0 Å². The van der Waals surface area contributed by atoms with Gasteiger partial charge in [-0.3, -0.25) is 0 Å². The van der Waals surface area contributed by atoms with Crippen molar-refractivity contribution in [3.8, 4) is 0 Å². The molecule has 0 nitrogen and oxygen atoms in total. The predicted molar refractivity (Wildman–Crippen MR) is 128 cm³/mol. The summed E-state index contributed by atoms with van der Waals surface area (Å²) in [5.41, 5.74) is 6.20. The first-order valence-electron chi connectivity index (χ1n) is 11.1. The molecule has 0 aliphatic heterocycles. The van der Waals surface area contributed by atoms with E-state index in [0.29, 0.717) is 5.92 Å². The minimum absolute atomic E-state index is 0. The minimum Gasteiger partial charge on any atom is -0.748 e. The van der Waals surface area contributed by atoms with Crippen molar-refractivity contribution < 1.29 is 34.1 Å². The Morgan fingerprint density at radius 3 is 1.48 bits per heavy atom. The van der Waals surface area contributed by atoms with Gasteiger partial charge in [-0.1, -0.05) is 58.8 Å². The van der Waals surface area contributed by atoms with Crippen molar-refractivity contribution in [3.05, 3.63) is 119 Å². The van der Waals surface area contributed by atoms with E-state index in [0.717, 1.165) is 12.8 Å². The fourth-order valence-electron chi connectivity index (χ4n) is 3.79. The minimum atomic E-state index is 0. The third-order valence-corrected chi connectivity index (χ3v) is 5.36. The van der Waals surface area contributed by atoms with E-state index in [1.165, 1.54) is 30.4 Å². The molecular weight excluding hydrogens is 460 g/mol. The van der Waals surface area contributed by atoms with E-state index < -0.39 is 0 Å². The van der Waals surface area contributed by atoms with Gasteiger partial charge in [-0.15, -0.1) is 0 Å². The third-order valence-electron chi connectivity index (χ3n) is 5.36. The van der Waals surface area contributed by atoms with Crippen molar-refractivity contribution in [2.24, 2.45) is 0 Å². The van der Waals surface area contributed by atoms with Crippen LogP contribution in [0.2, 0.25) is 0 Å². The van der Waals surface area contributed by atoms with Crippen LogP contribution in [0.3, 0.4) is 0 Å². The summed E-state index contributed by atoms with van der Waals surface area (Å²) in [6.45, 7) is 6.82. The molecule has 0 bridgehead atoms. The van der Waals surface area contributed by atoms with Crippen LogP contribution in [0.15, 0.2) is 97.1 Å². The van der Waals surface area contributed by atoms with Crippen LogP contribution in [0.4, 0.5) is 0 Å². The average molecular weight is 496 g/mol. The van der Waals surface area contributed by atoms with Gasteiger partial charge in [-0.2, -0.15) is 52.6 Å².